The lowest BCUT2D eigenvalue weighted by Gasteiger charge is -2.07. The number of rotatable bonds is 13. The van der Waals surface area contributed by atoms with Gasteiger partial charge in [-0.1, -0.05) is 64.5 Å². The summed E-state index contributed by atoms with van der Waals surface area (Å²) in [5.74, 6) is -0.258. The van der Waals surface area contributed by atoms with Crippen molar-refractivity contribution in [2.45, 2.75) is 65.2 Å². The second-order valence-electron chi connectivity index (χ2n) is 5.97. The third-order valence-electron chi connectivity index (χ3n) is 3.80. The second kappa shape index (κ2) is 13.1. The molecule has 3 heteroatoms. The van der Waals surface area contributed by atoms with Crippen LogP contribution >= 0.6 is 0 Å². The molecule has 0 spiro atoms. The first kappa shape index (κ1) is 19.7. The SMILES string of the molecule is CCCCCCCCOCCOC(=O)c1cccc(CCC)c1. The minimum Gasteiger partial charge on any atom is -0.460 e. The molecule has 0 aliphatic heterocycles. The Balaban J connectivity index is 2.07. The number of hydrogen-bond acceptors (Lipinski definition) is 3. The van der Waals surface area contributed by atoms with Crippen LogP contribution in [0.5, 0.6) is 0 Å². The molecule has 0 bridgehead atoms. The predicted octanol–water partition coefficient (Wildman–Crippen LogP) is 5.17. The highest BCUT2D eigenvalue weighted by atomic mass is 16.6. The number of esters is 1. The molecule has 0 aliphatic carbocycles. The summed E-state index contributed by atoms with van der Waals surface area (Å²) in [7, 11) is 0. The molecule has 0 fully saturated rings. The molecule has 0 aromatic heterocycles. The topological polar surface area (TPSA) is 35.5 Å². The highest BCUT2D eigenvalue weighted by Crippen LogP contribution is 2.09. The standard InChI is InChI=1S/C20H32O3/c1-3-5-6-7-8-9-14-22-15-16-23-20(21)19-13-10-12-18(17-19)11-4-2/h10,12-13,17H,3-9,11,14-16H2,1-2H3. The summed E-state index contributed by atoms with van der Waals surface area (Å²) in [4.78, 5) is 12.0. The lowest BCUT2D eigenvalue weighted by molar-refractivity contribution is 0.0312. The van der Waals surface area contributed by atoms with Gasteiger partial charge in [-0.2, -0.15) is 0 Å². The number of hydrogen-bond donors (Lipinski definition) is 0. The van der Waals surface area contributed by atoms with Gasteiger partial charge in [-0.05, 0) is 30.5 Å². The van der Waals surface area contributed by atoms with Crippen LogP contribution in [0.2, 0.25) is 0 Å². The molecular weight excluding hydrogens is 288 g/mol. The van der Waals surface area contributed by atoms with E-state index >= 15 is 0 Å². The first-order valence-corrected chi connectivity index (χ1v) is 9.11. The van der Waals surface area contributed by atoms with E-state index in [-0.39, 0.29) is 5.97 Å². The number of benzene rings is 1. The first-order valence-electron chi connectivity index (χ1n) is 9.11. The summed E-state index contributed by atoms with van der Waals surface area (Å²) < 4.78 is 10.8. The molecule has 0 heterocycles. The Labute approximate surface area is 141 Å². The molecule has 0 atom stereocenters. The maximum absolute atomic E-state index is 12.0. The van der Waals surface area contributed by atoms with E-state index in [1.165, 1.54) is 37.7 Å². The van der Waals surface area contributed by atoms with E-state index in [1.807, 2.05) is 18.2 Å². The average molecular weight is 320 g/mol. The summed E-state index contributed by atoms with van der Waals surface area (Å²) in [6.45, 7) is 5.92. The van der Waals surface area contributed by atoms with Crippen LogP contribution in [0.15, 0.2) is 24.3 Å². The minimum absolute atomic E-state index is 0.258. The van der Waals surface area contributed by atoms with Gasteiger partial charge < -0.3 is 9.47 Å². The third-order valence-corrected chi connectivity index (χ3v) is 3.80. The van der Waals surface area contributed by atoms with Gasteiger partial charge in [-0.15, -0.1) is 0 Å². The molecule has 3 nitrogen and oxygen atoms in total. The highest BCUT2D eigenvalue weighted by Gasteiger charge is 2.07. The van der Waals surface area contributed by atoms with E-state index < -0.39 is 0 Å². The van der Waals surface area contributed by atoms with Gasteiger partial charge in [0.25, 0.3) is 0 Å². The lowest BCUT2D eigenvalue weighted by Crippen LogP contribution is -2.11. The zero-order valence-electron chi connectivity index (χ0n) is 14.8. The fraction of sp³-hybridized carbons (Fsp3) is 0.650. The minimum atomic E-state index is -0.258. The Morgan fingerprint density at radius 2 is 1.70 bits per heavy atom. The summed E-state index contributed by atoms with van der Waals surface area (Å²) >= 11 is 0. The van der Waals surface area contributed by atoms with Crippen molar-refractivity contribution < 1.29 is 14.3 Å². The van der Waals surface area contributed by atoms with Crippen LogP contribution in [0.3, 0.4) is 0 Å². The smallest absolute Gasteiger partial charge is 0.338 e. The molecule has 0 amide bonds. The molecule has 130 valence electrons. The van der Waals surface area contributed by atoms with Crippen LogP contribution in [-0.4, -0.2) is 25.8 Å². The molecule has 0 saturated heterocycles. The van der Waals surface area contributed by atoms with E-state index in [2.05, 4.69) is 13.8 Å². The van der Waals surface area contributed by atoms with Crippen molar-refractivity contribution in [3.8, 4) is 0 Å². The van der Waals surface area contributed by atoms with Crippen LogP contribution in [-0.2, 0) is 15.9 Å². The highest BCUT2D eigenvalue weighted by molar-refractivity contribution is 5.89. The fourth-order valence-corrected chi connectivity index (χ4v) is 2.51. The van der Waals surface area contributed by atoms with Crippen LogP contribution in [0.4, 0.5) is 0 Å². The number of aryl methyl sites for hydroxylation is 1. The molecule has 0 unspecified atom stereocenters. The van der Waals surface area contributed by atoms with E-state index in [4.69, 9.17) is 9.47 Å². The van der Waals surface area contributed by atoms with E-state index in [0.717, 1.165) is 25.9 Å². The van der Waals surface area contributed by atoms with Gasteiger partial charge >= 0.3 is 5.97 Å². The molecule has 0 N–H and O–H groups in total. The number of unbranched alkanes of at least 4 members (excludes halogenated alkanes) is 5. The monoisotopic (exact) mass is 320 g/mol. The zero-order chi connectivity index (χ0) is 16.8. The number of carbonyl (C=O) groups excluding carboxylic acids is 1. The van der Waals surface area contributed by atoms with Gasteiger partial charge in [0, 0.05) is 6.61 Å². The quantitative estimate of drug-likeness (QED) is 0.371. The number of ether oxygens (including phenoxy) is 2. The van der Waals surface area contributed by atoms with Crippen molar-refractivity contribution in [3.63, 3.8) is 0 Å². The molecule has 0 aliphatic rings. The molecule has 23 heavy (non-hydrogen) atoms. The van der Waals surface area contributed by atoms with E-state index in [9.17, 15) is 4.79 Å². The van der Waals surface area contributed by atoms with Crippen molar-refractivity contribution in [1.29, 1.82) is 0 Å². The van der Waals surface area contributed by atoms with Crippen molar-refractivity contribution in [2.75, 3.05) is 19.8 Å². The predicted molar refractivity (Wildman–Crippen MR) is 94.9 cm³/mol. The van der Waals surface area contributed by atoms with Gasteiger partial charge in [0.1, 0.15) is 6.61 Å². The Morgan fingerprint density at radius 1 is 0.913 bits per heavy atom. The molecule has 0 saturated carbocycles. The van der Waals surface area contributed by atoms with Gasteiger partial charge in [-0.25, -0.2) is 4.79 Å². The summed E-state index contributed by atoms with van der Waals surface area (Å²) in [6.07, 6.45) is 9.61. The Bertz CT molecular complexity index is 429. The molecule has 0 radical (unpaired) electrons. The van der Waals surface area contributed by atoms with Gasteiger partial charge in [0.05, 0.1) is 12.2 Å². The van der Waals surface area contributed by atoms with Crippen molar-refractivity contribution >= 4 is 5.97 Å². The van der Waals surface area contributed by atoms with Crippen LogP contribution < -0.4 is 0 Å². The molecule has 1 aromatic carbocycles. The van der Waals surface area contributed by atoms with Crippen LogP contribution in [0.1, 0.15) is 74.7 Å². The zero-order valence-corrected chi connectivity index (χ0v) is 14.8. The first-order chi connectivity index (χ1) is 11.3. The lowest BCUT2D eigenvalue weighted by atomic mass is 10.1. The van der Waals surface area contributed by atoms with Crippen LogP contribution in [0, 0.1) is 0 Å². The maximum atomic E-state index is 12.0. The Hall–Kier alpha value is -1.35. The number of carbonyl (C=O) groups is 1. The van der Waals surface area contributed by atoms with Gasteiger partial charge in [0.2, 0.25) is 0 Å². The van der Waals surface area contributed by atoms with Crippen molar-refractivity contribution in [3.05, 3.63) is 35.4 Å². The third kappa shape index (κ3) is 9.39. The maximum Gasteiger partial charge on any atom is 0.338 e. The Morgan fingerprint density at radius 3 is 2.48 bits per heavy atom. The summed E-state index contributed by atoms with van der Waals surface area (Å²) in [5, 5.41) is 0. The van der Waals surface area contributed by atoms with Crippen molar-refractivity contribution in [1.82, 2.24) is 0 Å². The normalized spacial score (nSPS) is 10.7. The molecule has 1 aromatic rings. The van der Waals surface area contributed by atoms with E-state index in [1.54, 1.807) is 6.07 Å². The second-order valence-corrected chi connectivity index (χ2v) is 5.97. The average Bonchev–Trinajstić information content (AvgIpc) is 2.57. The summed E-state index contributed by atoms with van der Waals surface area (Å²) in [5.41, 5.74) is 1.81. The van der Waals surface area contributed by atoms with Gasteiger partial charge in [0.15, 0.2) is 0 Å². The van der Waals surface area contributed by atoms with Gasteiger partial charge in [-0.3, -0.25) is 0 Å². The van der Waals surface area contributed by atoms with Crippen molar-refractivity contribution in [2.24, 2.45) is 0 Å². The summed E-state index contributed by atoms with van der Waals surface area (Å²) in [6, 6.07) is 7.68. The van der Waals surface area contributed by atoms with Crippen LogP contribution in [0.25, 0.3) is 0 Å². The Kier molecular flexibility index (Phi) is 11.2. The molecule has 1 rings (SSSR count). The molecular formula is C20H32O3. The fourth-order valence-electron chi connectivity index (χ4n) is 2.51. The van der Waals surface area contributed by atoms with E-state index in [0.29, 0.717) is 18.8 Å². The largest absolute Gasteiger partial charge is 0.460 e.